The molecule has 14 heavy (non-hydrogen) atoms. The quantitative estimate of drug-likeness (QED) is 0.731. The Morgan fingerprint density at radius 1 is 1.36 bits per heavy atom. The van der Waals surface area contributed by atoms with Gasteiger partial charge in [0.25, 0.3) is 0 Å². The number of aromatic hydroxyl groups is 1. The van der Waals surface area contributed by atoms with Crippen molar-refractivity contribution in [2.75, 3.05) is 14.1 Å². The minimum Gasteiger partial charge on any atom is -0.508 e. The van der Waals surface area contributed by atoms with Gasteiger partial charge in [-0.25, -0.2) is 0 Å². The number of nitrogens with zero attached hydrogens (tertiary/aromatic N) is 1. The minimum absolute atomic E-state index is 0.472. The van der Waals surface area contributed by atoms with E-state index in [0.29, 0.717) is 11.8 Å². The summed E-state index contributed by atoms with van der Waals surface area (Å²) in [6, 6.07) is 6.48. The van der Waals surface area contributed by atoms with Gasteiger partial charge in [0.05, 0.1) is 0 Å². The second-order valence-electron chi connectivity index (χ2n) is 4.28. The molecule has 2 heteroatoms. The second-order valence-corrected chi connectivity index (χ2v) is 4.28. The molecular weight excluding hydrogens is 174 g/mol. The maximum absolute atomic E-state index is 9.67. The highest BCUT2D eigenvalue weighted by Crippen LogP contribution is 2.29. The first-order valence-electron chi connectivity index (χ1n) is 5.14. The number of phenolic OH excluding ortho intramolecular Hbond substituents is 1. The SMILES string of the molecule is CN(C)[C@@H]1CCc2c(O)cccc2C1. The third-order valence-electron chi connectivity index (χ3n) is 3.16. The maximum atomic E-state index is 9.67. The summed E-state index contributed by atoms with van der Waals surface area (Å²) in [5, 5.41) is 9.67. The summed E-state index contributed by atoms with van der Waals surface area (Å²) in [5.74, 6) is 0.472. The highest BCUT2D eigenvalue weighted by Gasteiger charge is 2.21. The molecule has 1 aromatic carbocycles. The molecule has 0 spiro atoms. The van der Waals surface area contributed by atoms with E-state index in [9.17, 15) is 5.11 Å². The van der Waals surface area contributed by atoms with E-state index < -0.39 is 0 Å². The van der Waals surface area contributed by atoms with Crippen LogP contribution in [0.5, 0.6) is 5.75 Å². The van der Waals surface area contributed by atoms with Gasteiger partial charge in [0.15, 0.2) is 0 Å². The number of likely N-dealkylation sites (N-methyl/N-ethyl adjacent to an activating group) is 1. The first-order chi connectivity index (χ1) is 6.68. The predicted molar refractivity (Wildman–Crippen MR) is 57.6 cm³/mol. The van der Waals surface area contributed by atoms with Crippen molar-refractivity contribution in [1.29, 1.82) is 0 Å². The Kier molecular flexibility index (Phi) is 2.46. The molecule has 0 saturated heterocycles. The van der Waals surface area contributed by atoms with Gasteiger partial charge in [0.2, 0.25) is 0 Å². The first kappa shape index (κ1) is 9.53. The molecule has 0 amide bonds. The van der Waals surface area contributed by atoms with Crippen molar-refractivity contribution in [2.45, 2.75) is 25.3 Å². The molecular formula is C12H17NO. The molecule has 76 valence electrons. The van der Waals surface area contributed by atoms with E-state index in [1.165, 1.54) is 5.56 Å². The molecule has 2 rings (SSSR count). The van der Waals surface area contributed by atoms with Crippen molar-refractivity contribution >= 4 is 0 Å². The Balaban J connectivity index is 2.27. The molecule has 1 aliphatic rings. The molecule has 0 fully saturated rings. The average molecular weight is 191 g/mol. The highest BCUT2D eigenvalue weighted by molar-refractivity contribution is 5.41. The molecule has 0 aliphatic heterocycles. The molecule has 0 saturated carbocycles. The van der Waals surface area contributed by atoms with E-state index in [2.05, 4.69) is 25.1 Å². The summed E-state index contributed by atoms with van der Waals surface area (Å²) in [6.07, 6.45) is 3.22. The van der Waals surface area contributed by atoms with E-state index >= 15 is 0 Å². The average Bonchev–Trinajstić information content (AvgIpc) is 2.17. The number of hydrogen-bond acceptors (Lipinski definition) is 2. The van der Waals surface area contributed by atoms with Crippen molar-refractivity contribution < 1.29 is 5.11 Å². The molecule has 0 radical (unpaired) electrons. The second kappa shape index (κ2) is 3.62. The lowest BCUT2D eigenvalue weighted by Gasteiger charge is -2.30. The number of hydrogen-bond donors (Lipinski definition) is 1. The van der Waals surface area contributed by atoms with E-state index in [4.69, 9.17) is 0 Å². The third-order valence-corrected chi connectivity index (χ3v) is 3.16. The monoisotopic (exact) mass is 191 g/mol. The van der Waals surface area contributed by atoms with Crippen molar-refractivity contribution in [3.8, 4) is 5.75 Å². The van der Waals surface area contributed by atoms with Crippen molar-refractivity contribution in [2.24, 2.45) is 0 Å². The van der Waals surface area contributed by atoms with Crippen LogP contribution >= 0.6 is 0 Å². The smallest absolute Gasteiger partial charge is 0.119 e. The maximum Gasteiger partial charge on any atom is 0.119 e. The normalized spacial score (nSPS) is 20.9. The zero-order chi connectivity index (χ0) is 10.1. The Morgan fingerprint density at radius 2 is 2.14 bits per heavy atom. The molecule has 0 bridgehead atoms. The van der Waals surface area contributed by atoms with Crippen LogP contribution in [0.1, 0.15) is 17.5 Å². The standard InChI is InChI=1S/C12H17NO/c1-13(2)10-6-7-11-9(8-10)4-3-5-12(11)14/h3-5,10,14H,6-8H2,1-2H3/t10-/m1/s1. The Hall–Kier alpha value is -1.02. The summed E-state index contributed by atoms with van der Waals surface area (Å²) in [4.78, 5) is 2.27. The molecule has 1 aromatic rings. The zero-order valence-corrected chi connectivity index (χ0v) is 8.83. The molecule has 0 aromatic heterocycles. The summed E-state index contributed by atoms with van der Waals surface area (Å²) in [6.45, 7) is 0. The summed E-state index contributed by atoms with van der Waals surface area (Å²) >= 11 is 0. The zero-order valence-electron chi connectivity index (χ0n) is 8.83. The van der Waals surface area contributed by atoms with Crippen molar-refractivity contribution in [3.63, 3.8) is 0 Å². The minimum atomic E-state index is 0.472. The summed E-state index contributed by atoms with van der Waals surface area (Å²) < 4.78 is 0. The van der Waals surface area contributed by atoms with Gasteiger partial charge in [-0.1, -0.05) is 12.1 Å². The Bertz CT molecular complexity index is 333. The lowest BCUT2D eigenvalue weighted by Crippen LogP contribution is -2.33. The van der Waals surface area contributed by atoms with Crippen LogP contribution in [-0.2, 0) is 12.8 Å². The number of rotatable bonds is 1. The van der Waals surface area contributed by atoms with E-state index in [1.54, 1.807) is 6.07 Å². The molecule has 2 nitrogen and oxygen atoms in total. The predicted octanol–water partition coefficient (Wildman–Crippen LogP) is 1.81. The van der Waals surface area contributed by atoms with Gasteiger partial charge < -0.3 is 10.0 Å². The van der Waals surface area contributed by atoms with Crippen LogP contribution in [-0.4, -0.2) is 30.1 Å². The lowest BCUT2D eigenvalue weighted by molar-refractivity contribution is 0.266. The van der Waals surface area contributed by atoms with Crippen LogP contribution in [0, 0.1) is 0 Å². The van der Waals surface area contributed by atoms with Crippen LogP contribution in [0.2, 0.25) is 0 Å². The van der Waals surface area contributed by atoms with E-state index in [1.807, 2.05) is 6.07 Å². The van der Waals surface area contributed by atoms with Gasteiger partial charge in [0.1, 0.15) is 5.75 Å². The number of fused-ring (bicyclic) bond motifs is 1. The molecule has 1 atom stereocenters. The fourth-order valence-electron chi connectivity index (χ4n) is 2.21. The van der Waals surface area contributed by atoms with E-state index in [-0.39, 0.29) is 0 Å². The van der Waals surface area contributed by atoms with Crippen LogP contribution in [0.25, 0.3) is 0 Å². The molecule has 1 N–H and O–H groups in total. The van der Waals surface area contributed by atoms with E-state index in [0.717, 1.165) is 24.8 Å². The van der Waals surface area contributed by atoms with Gasteiger partial charge in [0, 0.05) is 6.04 Å². The Morgan fingerprint density at radius 3 is 2.86 bits per heavy atom. The van der Waals surface area contributed by atoms with Crippen LogP contribution in [0.15, 0.2) is 18.2 Å². The van der Waals surface area contributed by atoms with Crippen molar-refractivity contribution in [1.82, 2.24) is 4.90 Å². The summed E-state index contributed by atoms with van der Waals surface area (Å²) in [5.41, 5.74) is 2.47. The van der Waals surface area contributed by atoms with Gasteiger partial charge in [-0.15, -0.1) is 0 Å². The Labute approximate surface area is 85.2 Å². The van der Waals surface area contributed by atoms with Gasteiger partial charge >= 0.3 is 0 Å². The number of phenols is 1. The molecule has 0 heterocycles. The van der Waals surface area contributed by atoms with Crippen LogP contribution < -0.4 is 0 Å². The largest absolute Gasteiger partial charge is 0.508 e. The molecule has 1 aliphatic carbocycles. The van der Waals surface area contributed by atoms with Gasteiger partial charge in [-0.2, -0.15) is 0 Å². The fraction of sp³-hybridized carbons (Fsp3) is 0.500. The number of benzene rings is 1. The van der Waals surface area contributed by atoms with Crippen LogP contribution in [0.4, 0.5) is 0 Å². The van der Waals surface area contributed by atoms with Crippen LogP contribution in [0.3, 0.4) is 0 Å². The van der Waals surface area contributed by atoms with Gasteiger partial charge in [-0.3, -0.25) is 0 Å². The highest BCUT2D eigenvalue weighted by atomic mass is 16.3. The molecule has 0 unspecified atom stereocenters. The summed E-state index contributed by atoms with van der Waals surface area (Å²) in [7, 11) is 4.25. The third kappa shape index (κ3) is 1.62. The topological polar surface area (TPSA) is 23.5 Å². The lowest BCUT2D eigenvalue weighted by atomic mass is 9.87. The first-order valence-corrected chi connectivity index (χ1v) is 5.14. The van der Waals surface area contributed by atoms with Gasteiger partial charge in [-0.05, 0) is 50.6 Å². The fourth-order valence-corrected chi connectivity index (χ4v) is 2.21. The van der Waals surface area contributed by atoms with Crippen molar-refractivity contribution in [3.05, 3.63) is 29.3 Å².